The highest BCUT2D eigenvalue weighted by Gasteiger charge is 2.35. The van der Waals surface area contributed by atoms with E-state index in [9.17, 15) is 4.79 Å². The zero-order valence-corrected chi connectivity index (χ0v) is 19.9. The summed E-state index contributed by atoms with van der Waals surface area (Å²) in [6, 6.07) is 13.4. The van der Waals surface area contributed by atoms with Crippen molar-refractivity contribution in [3.8, 4) is 5.75 Å². The second-order valence-corrected chi connectivity index (χ2v) is 9.53. The number of ether oxygens (including phenoxy) is 1. The van der Waals surface area contributed by atoms with E-state index >= 15 is 0 Å². The van der Waals surface area contributed by atoms with E-state index < -0.39 is 0 Å². The highest BCUT2D eigenvalue weighted by molar-refractivity contribution is 7.12. The summed E-state index contributed by atoms with van der Waals surface area (Å²) in [5, 5.41) is 3.58. The number of urea groups is 1. The number of hydrogen-bond acceptors (Lipinski definition) is 3. The molecule has 0 fully saturated rings. The van der Waals surface area contributed by atoms with E-state index in [1.165, 1.54) is 20.9 Å². The molecule has 1 aliphatic rings. The summed E-state index contributed by atoms with van der Waals surface area (Å²) < 4.78 is 5.34. The lowest BCUT2D eigenvalue weighted by atomic mass is 9.92. The summed E-state index contributed by atoms with van der Waals surface area (Å²) in [6.07, 6.45) is 1.88. The minimum atomic E-state index is -0.138. The van der Waals surface area contributed by atoms with Crippen LogP contribution in [0.15, 0.2) is 42.5 Å². The molecule has 0 saturated heterocycles. The van der Waals surface area contributed by atoms with Crippen molar-refractivity contribution in [1.29, 1.82) is 0 Å². The average molecular weight is 455 g/mol. The van der Waals surface area contributed by atoms with Crippen molar-refractivity contribution in [3.63, 3.8) is 0 Å². The van der Waals surface area contributed by atoms with E-state index in [0.29, 0.717) is 17.3 Å². The van der Waals surface area contributed by atoms with Crippen LogP contribution in [0.1, 0.15) is 45.0 Å². The summed E-state index contributed by atoms with van der Waals surface area (Å²) in [5.74, 6) is 0.804. The Hall–Kier alpha value is -2.50. The molecule has 1 atom stereocenters. The fourth-order valence-corrected chi connectivity index (χ4v) is 6.08. The standard InChI is InChI=1S/C25H27ClN2O2S/c1-5-19-16(3)31-24-20(19)12-13-28(23(24)17-7-9-18(30-4)10-8-17)25(29)27-22-11-6-15(2)14-21(22)26/h6-11,14,23H,5,12-13H2,1-4H3,(H,27,29)/t23-/m0/s1. The average Bonchev–Trinajstić information content (AvgIpc) is 3.10. The predicted octanol–water partition coefficient (Wildman–Crippen LogP) is 6.77. The Kier molecular flexibility index (Phi) is 6.26. The van der Waals surface area contributed by atoms with Crippen LogP contribution in [-0.2, 0) is 12.8 Å². The minimum Gasteiger partial charge on any atom is -0.497 e. The normalized spacial score (nSPS) is 15.5. The SMILES string of the molecule is CCc1c(C)sc2c1CCN(C(=O)Nc1ccc(C)cc1Cl)[C@H]2c1ccc(OC)cc1. The molecule has 6 heteroatoms. The summed E-state index contributed by atoms with van der Waals surface area (Å²) in [5.41, 5.74) is 5.61. The van der Waals surface area contributed by atoms with Crippen molar-refractivity contribution in [3.05, 3.63) is 79.5 Å². The van der Waals surface area contributed by atoms with Gasteiger partial charge in [-0.05, 0) is 73.2 Å². The van der Waals surface area contributed by atoms with Crippen LogP contribution in [0.25, 0.3) is 0 Å². The number of aryl methyl sites for hydroxylation is 2. The molecule has 3 aromatic rings. The molecule has 1 aromatic heterocycles. The molecule has 1 N–H and O–H groups in total. The van der Waals surface area contributed by atoms with E-state index in [1.54, 1.807) is 7.11 Å². The third kappa shape index (κ3) is 4.17. The topological polar surface area (TPSA) is 41.6 Å². The van der Waals surface area contributed by atoms with Crippen molar-refractivity contribution in [2.45, 2.75) is 39.7 Å². The quantitative estimate of drug-likeness (QED) is 0.472. The van der Waals surface area contributed by atoms with Crippen LogP contribution in [0.4, 0.5) is 10.5 Å². The maximum atomic E-state index is 13.4. The molecule has 1 aliphatic heterocycles. The first kappa shape index (κ1) is 21.7. The third-order valence-electron chi connectivity index (χ3n) is 5.92. The molecule has 162 valence electrons. The van der Waals surface area contributed by atoms with Crippen LogP contribution < -0.4 is 10.1 Å². The molecule has 2 aromatic carbocycles. The molecule has 0 radical (unpaired) electrons. The minimum absolute atomic E-state index is 0.136. The summed E-state index contributed by atoms with van der Waals surface area (Å²) in [4.78, 5) is 17.9. The Morgan fingerprint density at radius 1 is 1.23 bits per heavy atom. The monoisotopic (exact) mass is 454 g/mol. The highest BCUT2D eigenvalue weighted by atomic mass is 35.5. The second kappa shape index (κ2) is 8.93. The Bertz CT molecular complexity index is 1110. The highest BCUT2D eigenvalue weighted by Crippen LogP contribution is 2.43. The first-order chi connectivity index (χ1) is 14.9. The van der Waals surface area contributed by atoms with E-state index in [0.717, 1.165) is 29.7 Å². The Labute approximate surface area is 192 Å². The van der Waals surface area contributed by atoms with Crippen LogP contribution in [-0.4, -0.2) is 24.6 Å². The molecule has 4 rings (SSSR count). The fraction of sp³-hybridized carbons (Fsp3) is 0.320. The zero-order valence-electron chi connectivity index (χ0n) is 18.3. The Balaban J connectivity index is 1.73. The van der Waals surface area contributed by atoms with E-state index in [2.05, 4.69) is 31.3 Å². The first-order valence-corrected chi connectivity index (χ1v) is 11.7. The van der Waals surface area contributed by atoms with Gasteiger partial charge in [0.25, 0.3) is 0 Å². The number of amides is 2. The number of benzene rings is 2. The van der Waals surface area contributed by atoms with Gasteiger partial charge in [0.05, 0.1) is 23.9 Å². The molecule has 0 saturated carbocycles. The van der Waals surface area contributed by atoms with Gasteiger partial charge in [0.15, 0.2) is 0 Å². The van der Waals surface area contributed by atoms with E-state index in [1.807, 2.05) is 53.5 Å². The van der Waals surface area contributed by atoms with Crippen LogP contribution in [0.3, 0.4) is 0 Å². The summed E-state index contributed by atoms with van der Waals surface area (Å²) in [7, 11) is 1.66. The molecule has 0 unspecified atom stereocenters. The number of halogens is 1. The van der Waals surface area contributed by atoms with Gasteiger partial charge in [0.2, 0.25) is 0 Å². The second-order valence-electron chi connectivity index (χ2n) is 7.87. The van der Waals surface area contributed by atoms with Gasteiger partial charge in [0.1, 0.15) is 5.75 Å². The Morgan fingerprint density at radius 3 is 2.61 bits per heavy atom. The van der Waals surface area contributed by atoms with Gasteiger partial charge in [0, 0.05) is 16.3 Å². The number of carbonyl (C=O) groups is 1. The molecule has 2 heterocycles. The van der Waals surface area contributed by atoms with Crippen molar-refractivity contribution in [1.82, 2.24) is 4.90 Å². The smallest absolute Gasteiger partial charge is 0.322 e. The van der Waals surface area contributed by atoms with Crippen LogP contribution in [0, 0.1) is 13.8 Å². The van der Waals surface area contributed by atoms with Crippen LogP contribution >= 0.6 is 22.9 Å². The molecule has 0 aliphatic carbocycles. The number of nitrogens with one attached hydrogen (secondary N) is 1. The van der Waals surface area contributed by atoms with Crippen LogP contribution in [0.2, 0.25) is 5.02 Å². The van der Waals surface area contributed by atoms with Gasteiger partial charge >= 0.3 is 6.03 Å². The maximum Gasteiger partial charge on any atom is 0.322 e. The van der Waals surface area contributed by atoms with E-state index in [-0.39, 0.29) is 12.1 Å². The molecule has 4 nitrogen and oxygen atoms in total. The van der Waals surface area contributed by atoms with Crippen molar-refractivity contribution in [2.24, 2.45) is 0 Å². The predicted molar refractivity (Wildman–Crippen MR) is 129 cm³/mol. The number of fused-ring (bicyclic) bond motifs is 1. The molecule has 31 heavy (non-hydrogen) atoms. The van der Waals surface area contributed by atoms with Gasteiger partial charge in [-0.15, -0.1) is 11.3 Å². The van der Waals surface area contributed by atoms with Gasteiger partial charge in [-0.1, -0.05) is 36.7 Å². The summed E-state index contributed by atoms with van der Waals surface area (Å²) >= 11 is 8.19. The first-order valence-electron chi connectivity index (χ1n) is 10.5. The van der Waals surface area contributed by atoms with Crippen molar-refractivity contribution in [2.75, 3.05) is 19.0 Å². The fourth-order valence-electron chi connectivity index (χ4n) is 4.35. The van der Waals surface area contributed by atoms with Gasteiger partial charge in [-0.2, -0.15) is 0 Å². The summed E-state index contributed by atoms with van der Waals surface area (Å²) in [6.45, 7) is 7.02. The molecular weight excluding hydrogens is 428 g/mol. The third-order valence-corrected chi connectivity index (χ3v) is 7.48. The van der Waals surface area contributed by atoms with Gasteiger partial charge < -0.3 is 15.0 Å². The molecular formula is C25H27ClN2O2S. The maximum absolute atomic E-state index is 13.4. The number of rotatable bonds is 4. The zero-order chi connectivity index (χ0) is 22.1. The van der Waals surface area contributed by atoms with Gasteiger partial charge in [-0.3, -0.25) is 0 Å². The Morgan fingerprint density at radius 2 is 1.97 bits per heavy atom. The van der Waals surface area contributed by atoms with Crippen molar-refractivity contribution >= 4 is 34.7 Å². The lowest BCUT2D eigenvalue weighted by Gasteiger charge is -2.36. The largest absolute Gasteiger partial charge is 0.497 e. The van der Waals surface area contributed by atoms with Crippen LogP contribution in [0.5, 0.6) is 5.75 Å². The molecule has 2 amide bonds. The van der Waals surface area contributed by atoms with E-state index in [4.69, 9.17) is 16.3 Å². The number of methoxy groups -OCH3 is 1. The molecule has 0 bridgehead atoms. The van der Waals surface area contributed by atoms with Gasteiger partial charge in [-0.25, -0.2) is 4.79 Å². The molecule has 0 spiro atoms. The number of nitrogens with zero attached hydrogens (tertiary/aromatic N) is 1. The van der Waals surface area contributed by atoms with Crippen molar-refractivity contribution < 1.29 is 9.53 Å². The number of hydrogen-bond donors (Lipinski definition) is 1. The lowest BCUT2D eigenvalue weighted by Crippen LogP contribution is -2.42. The lowest BCUT2D eigenvalue weighted by molar-refractivity contribution is 0.195. The number of thiophene rings is 1. The number of anilines is 1. The number of carbonyl (C=O) groups excluding carboxylic acids is 1.